The van der Waals surface area contributed by atoms with Crippen LogP contribution in [0.25, 0.3) is 0 Å². The number of carbonyl (C=O) groups excluding carboxylic acids is 3. The summed E-state index contributed by atoms with van der Waals surface area (Å²) in [6.45, 7) is 0. The molecule has 1 fully saturated rings. The van der Waals surface area contributed by atoms with E-state index in [0.717, 1.165) is 18.4 Å². The molecular weight excluding hydrogens is 422 g/mol. The van der Waals surface area contributed by atoms with Crippen molar-refractivity contribution in [2.75, 3.05) is 0 Å². The predicted molar refractivity (Wildman–Crippen MR) is 122 cm³/mol. The zero-order valence-corrected chi connectivity index (χ0v) is 18.3. The Kier molecular flexibility index (Phi) is 8.18. The third-order valence-electron chi connectivity index (χ3n) is 6.12. The van der Waals surface area contributed by atoms with Gasteiger partial charge in [-0.2, -0.15) is 0 Å². The summed E-state index contributed by atoms with van der Waals surface area (Å²) in [7, 11) is 0. The highest BCUT2D eigenvalue weighted by Crippen LogP contribution is 2.32. The average molecular weight is 452 g/mol. The molecule has 0 aromatic heterocycles. The smallest absolute Gasteiger partial charge is 0.326 e. The predicted octanol–water partition coefficient (Wildman–Crippen LogP) is 1.89. The summed E-state index contributed by atoms with van der Waals surface area (Å²) in [4.78, 5) is 50.0. The van der Waals surface area contributed by atoms with Crippen molar-refractivity contribution in [1.29, 1.82) is 0 Å². The topological polar surface area (TPSA) is 139 Å². The van der Waals surface area contributed by atoms with Gasteiger partial charge in [0.1, 0.15) is 12.1 Å². The van der Waals surface area contributed by atoms with Crippen LogP contribution in [0.3, 0.4) is 0 Å². The number of carbonyl (C=O) groups is 4. The molecule has 5 N–H and O–H groups in total. The monoisotopic (exact) mass is 451 g/mol. The molecule has 0 bridgehead atoms. The fourth-order valence-electron chi connectivity index (χ4n) is 4.41. The molecule has 0 spiro atoms. The molecular formula is C25H29N3O5. The molecule has 0 heterocycles. The molecule has 0 radical (unpaired) electrons. The van der Waals surface area contributed by atoms with Crippen LogP contribution in [0.15, 0.2) is 60.7 Å². The van der Waals surface area contributed by atoms with Gasteiger partial charge in [-0.1, -0.05) is 61.4 Å². The van der Waals surface area contributed by atoms with Crippen LogP contribution in [0, 0.1) is 11.8 Å². The Balaban J connectivity index is 1.81. The molecule has 174 valence electrons. The fraction of sp³-hybridized carbons (Fsp3) is 0.360. The van der Waals surface area contributed by atoms with Crippen molar-refractivity contribution in [3.63, 3.8) is 0 Å². The van der Waals surface area contributed by atoms with Gasteiger partial charge in [0.15, 0.2) is 0 Å². The van der Waals surface area contributed by atoms with Crippen LogP contribution >= 0.6 is 0 Å². The van der Waals surface area contributed by atoms with E-state index >= 15 is 0 Å². The first kappa shape index (κ1) is 24.0. The van der Waals surface area contributed by atoms with E-state index in [1.807, 2.05) is 30.3 Å². The van der Waals surface area contributed by atoms with Gasteiger partial charge in [-0.05, 0) is 30.5 Å². The minimum Gasteiger partial charge on any atom is -0.480 e. The summed E-state index contributed by atoms with van der Waals surface area (Å²) in [5.41, 5.74) is 6.72. The second-order valence-electron chi connectivity index (χ2n) is 8.36. The van der Waals surface area contributed by atoms with Gasteiger partial charge >= 0.3 is 5.97 Å². The van der Waals surface area contributed by atoms with Gasteiger partial charge in [0.25, 0.3) is 5.91 Å². The summed E-state index contributed by atoms with van der Waals surface area (Å²) in [5.74, 6) is -4.06. The maximum absolute atomic E-state index is 13.2. The van der Waals surface area contributed by atoms with E-state index in [2.05, 4.69) is 10.6 Å². The number of nitrogens with two attached hydrogens (primary N) is 1. The summed E-state index contributed by atoms with van der Waals surface area (Å²) in [6.07, 6.45) is 2.70. The first-order chi connectivity index (χ1) is 15.9. The number of primary amides is 1. The van der Waals surface area contributed by atoms with Gasteiger partial charge in [0.2, 0.25) is 11.8 Å². The first-order valence-corrected chi connectivity index (χ1v) is 11.1. The van der Waals surface area contributed by atoms with E-state index in [0.29, 0.717) is 18.4 Å². The number of hydrogen-bond acceptors (Lipinski definition) is 4. The van der Waals surface area contributed by atoms with Crippen molar-refractivity contribution >= 4 is 23.7 Å². The van der Waals surface area contributed by atoms with E-state index in [9.17, 15) is 24.3 Å². The van der Waals surface area contributed by atoms with Crippen LogP contribution in [0.4, 0.5) is 0 Å². The van der Waals surface area contributed by atoms with Crippen LogP contribution in [-0.2, 0) is 20.8 Å². The zero-order valence-electron chi connectivity index (χ0n) is 18.3. The van der Waals surface area contributed by atoms with E-state index in [1.54, 1.807) is 30.3 Å². The number of nitrogens with one attached hydrogen (secondary N) is 2. The lowest BCUT2D eigenvalue weighted by molar-refractivity contribution is -0.145. The Bertz CT molecular complexity index is 980. The minimum atomic E-state index is -1.28. The third kappa shape index (κ3) is 6.41. The minimum absolute atomic E-state index is 0.182. The maximum Gasteiger partial charge on any atom is 0.326 e. The Labute approximate surface area is 192 Å². The molecule has 0 aliphatic heterocycles. The highest BCUT2D eigenvalue weighted by molar-refractivity contribution is 5.98. The summed E-state index contributed by atoms with van der Waals surface area (Å²) in [5, 5.41) is 15.2. The Morgan fingerprint density at radius 1 is 0.909 bits per heavy atom. The number of rotatable bonds is 9. The highest BCUT2D eigenvalue weighted by atomic mass is 16.4. The van der Waals surface area contributed by atoms with Gasteiger partial charge in [-0.15, -0.1) is 0 Å². The molecule has 3 rings (SSSR count). The van der Waals surface area contributed by atoms with Gasteiger partial charge < -0.3 is 21.5 Å². The lowest BCUT2D eigenvalue weighted by Gasteiger charge is -2.34. The second-order valence-corrected chi connectivity index (χ2v) is 8.36. The molecule has 2 aromatic carbocycles. The fourth-order valence-corrected chi connectivity index (χ4v) is 4.41. The molecule has 2 aromatic rings. The van der Waals surface area contributed by atoms with Crippen LogP contribution in [0.5, 0.6) is 0 Å². The van der Waals surface area contributed by atoms with Crippen LogP contribution in [0.2, 0.25) is 0 Å². The number of carboxylic acids is 1. The third-order valence-corrected chi connectivity index (χ3v) is 6.12. The number of benzene rings is 2. The van der Waals surface area contributed by atoms with Crippen molar-refractivity contribution in [2.24, 2.45) is 17.6 Å². The van der Waals surface area contributed by atoms with Crippen molar-refractivity contribution < 1.29 is 24.3 Å². The van der Waals surface area contributed by atoms with Gasteiger partial charge in [0, 0.05) is 23.8 Å². The Morgan fingerprint density at radius 2 is 1.52 bits per heavy atom. The average Bonchev–Trinajstić information content (AvgIpc) is 2.83. The molecule has 3 amide bonds. The maximum atomic E-state index is 13.2. The zero-order chi connectivity index (χ0) is 23.8. The number of amides is 3. The largest absolute Gasteiger partial charge is 0.480 e. The standard InChI is InChI=1S/C25H29N3O5/c26-22(29)19-14-8-7-13-18(19)21(25(32)33)28-24(31)20(15-16-9-3-1-4-10-16)27-23(30)17-11-5-2-6-12-17/h1-6,9-12,18-21H,7-8,13-15H2,(H2,26,29)(H,27,30)(H,28,31)(H,32,33)/t18-,19?,20-,21-/m0/s1. The number of aliphatic carboxylic acids is 1. The van der Waals surface area contributed by atoms with E-state index < -0.39 is 47.6 Å². The van der Waals surface area contributed by atoms with Crippen molar-refractivity contribution in [2.45, 2.75) is 44.2 Å². The van der Waals surface area contributed by atoms with Crippen molar-refractivity contribution in [1.82, 2.24) is 10.6 Å². The Morgan fingerprint density at radius 3 is 2.12 bits per heavy atom. The molecule has 8 heteroatoms. The molecule has 8 nitrogen and oxygen atoms in total. The molecule has 1 aliphatic carbocycles. The molecule has 1 saturated carbocycles. The Hall–Kier alpha value is -3.68. The normalized spacial score (nSPS) is 19.6. The van der Waals surface area contributed by atoms with Crippen LogP contribution in [0.1, 0.15) is 41.6 Å². The van der Waals surface area contributed by atoms with Crippen LogP contribution in [-0.4, -0.2) is 40.9 Å². The molecule has 33 heavy (non-hydrogen) atoms. The summed E-state index contributed by atoms with van der Waals surface area (Å²) in [6, 6.07) is 15.3. The quantitative estimate of drug-likeness (QED) is 0.461. The lowest BCUT2D eigenvalue weighted by atomic mass is 9.74. The number of hydrogen-bond donors (Lipinski definition) is 4. The van der Waals surface area contributed by atoms with Gasteiger partial charge in [-0.25, -0.2) is 4.79 Å². The molecule has 1 aliphatic rings. The lowest BCUT2D eigenvalue weighted by Crippen LogP contribution is -2.56. The SMILES string of the molecule is NC(=O)C1CCCC[C@@H]1[C@H](NC(=O)[C@H](Cc1ccccc1)NC(=O)c1ccccc1)C(=O)O. The summed E-state index contributed by atoms with van der Waals surface area (Å²) >= 11 is 0. The van der Waals surface area contributed by atoms with E-state index in [1.165, 1.54) is 0 Å². The summed E-state index contributed by atoms with van der Waals surface area (Å²) < 4.78 is 0. The second kappa shape index (κ2) is 11.3. The number of carboxylic acid groups (broad SMARTS) is 1. The van der Waals surface area contributed by atoms with E-state index in [4.69, 9.17) is 5.73 Å². The highest BCUT2D eigenvalue weighted by Gasteiger charge is 2.40. The van der Waals surface area contributed by atoms with E-state index in [-0.39, 0.29) is 6.42 Å². The molecule has 0 saturated heterocycles. The molecule has 1 unspecified atom stereocenters. The van der Waals surface area contributed by atoms with Gasteiger partial charge in [0.05, 0.1) is 0 Å². The van der Waals surface area contributed by atoms with Crippen LogP contribution < -0.4 is 16.4 Å². The van der Waals surface area contributed by atoms with Crippen molar-refractivity contribution in [3.8, 4) is 0 Å². The van der Waals surface area contributed by atoms with Crippen molar-refractivity contribution in [3.05, 3.63) is 71.8 Å². The molecule has 4 atom stereocenters. The van der Waals surface area contributed by atoms with Gasteiger partial charge in [-0.3, -0.25) is 14.4 Å². The first-order valence-electron chi connectivity index (χ1n) is 11.1.